The molecule has 1 aliphatic rings. The van der Waals surface area contributed by atoms with Gasteiger partial charge in [-0.1, -0.05) is 55.0 Å². The molecule has 1 saturated heterocycles. The van der Waals surface area contributed by atoms with Gasteiger partial charge in [-0.2, -0.15) is 0 Å². The fourth-order valence-corrected chi connectivity index (χ4v) is 5.57. The summed E-state index contributed by atoms with van der Waals surface area (Å²) >= 11 is 1.22. The van der Waals surface area contributed by atoms with Crippen LogP contribution in [-0.4, -0.2) is 45.9 Å². The lowest BCUT2D eigenvalue weighted by atomic mass is 9.90. The van der Waals surface area contributed by atoms with Crippen LogP contribution in [0.15, 0.2) is 54.7 Å². The molecule has 0 spiro atoms. The van der Waals surface area contributed by atoms with Crippen LogP contribution in [0.1, 0.15) is 48.6 Å². The van der Waals surface area contributed by atoms with E-state index in [9.17, 15) is 23.5 Å². The van der Waals surface area contributed by atoms with E-state index in [1.807, 2.05) is 25.1 Å². The summed E-state index contributed by atoms with van der Waals surface area (Å²) in [6.45, 7) is 4.20. The number of nitrogens with zero attached hydrogens (tertiary/aromatic N) is 2. The van der Waals surface area contributed by atoms with Gasteiger partial charge in [-0.25, -0.2) is 13.8 Å². The molecule has 10 heteroatoms. The quantitative estimate of drug-likeness (QED) is 0.354. The molecular weight excluding hydrogens is 510 g/mol. The molecule has 1 fully saturated rings. The van der Waals surface area contributed by atoms with Crippen molar-refractivity contribution in [1.29, 1.82) is 0 Å². The number of aromatic nitrogens is 1. The molecule has 1 aliphatic heterocycles. The molecule has 0 radical (unpaired) electrons. The molecule has 3 N–H and O–H groups in total. The van der Waals surface area contributed by atoms with Gasteiger partial charge in [0.1, 0.15) is 23.3 Å². The lowest BCUT2D eigenvalue weighted by Crippen LogP contribution is -2.44. The first-order chi connectivity index (χ1) is 18.2. The number of carbonyl (C=O) groups excluding carboxylic acids is 2. The minimum Gasteiger partial charge on any atom is -0.384 e. The number of hydrogen-bond donors (Lipinski definition) is 3. The van der Waals surface area contributed by atoms with Gasteiger partial charge in [0.05, 0.1) is 11.3 Å². The van der Waals surface area contributed by atoms with E-state index in [4.69, 9.17) is 0 Å². The van der Waals surface area contributed by atoms with E-state index in [0.29, 0.717) is 35.7 Å². The minimum absolute atomic E-state index is 0.184. The Balaban J connectivity index is 1.32. The van der Waals surface area contributed by atoms with Gasteiger partial charge in [0.15, 0.2) is 5.13 Å². The second kappa shape index (κ2) is 12.6. The van der Waals surface area contributed by atoms with Crippen LogP contribution in [0, 0.1) is 11.6 Å². The van der Waals surface area contributed by atoms with Gasteiger partial charge in [0.25, 0.3) is 0 Å². The molecule has 0 unspecified atom stereocenters. The summed E-state index contributed by atoms with van der Waals surface area (Å²) in [4.78, 5) is 32.7. The van der Waals surface area contributed by atoms with Crippen LogP contribution in [0.2, 0.25) is 0 Å². The third-order valence-electron chi connectivity index (χ3n) is 6.64. The fourth-order valence-electron chi connectivity index (χ4n) is 4.61. The third-order valence-corrected chi connectivity index (χ3v) is 7.75. The van der Waals surface area contributed by atoms with E-state index in [2.05, 4.69) is 32.7 Å². The molecule has 0 bridgehead atoms. The molecule has 4 rings (SSSR count). The minimum atomic E-state index is -1.01. The highest BCUT2D eigenvalue weighted by atomic mass is 32.1. The average molecular weight is 543 g/mol. The Hall–Kier alpha value is -3.21. The molecule has 0 saturated carbocycles. The summed E-state index contributed by atoms with van der Waals surface area (Å²) in [5, 5.41) is 17.0. The number of hydrogen-bond acceptors (Lipinski definition) is 6. The molecule has 38 heavy (non-hydrogen) atoms. The predicted molar refractivity (Wildman–Crippen MR) is 142 cm³/mol. The van der Waals surface area contributed by atoms with Crippen LogP contribution in [0.25, 0.3) is 0 Å². The van der Waals surface area contributed by atoms with E-state index in [1.54, 1.807) is 6.20 Å². The molecule has 0 aliphatic carbocycles. The summed E-state index contributed by atoms with van der Waals surface area (Å²) in [7, 11) is 0. The van der Waals surface area contributed by atoms with Gasteiger partial charge in [-0.15, -0.1) is 0 Å². The monoisotopic (exact) mass is 542 g/mol. The van der Waals surface area contributed by atoms with Crippen molar-refractivity contribution in [3.63, 3.8) is 0 Å². The average Bonchev–Trinajstić information content (AvgIpc) is 3.35. The van der Waals surface area contributed by atoms with Crippen molar-refractivity contribution in [2.24, 2.45) is 0 Å². The molecular formula is C28H32F2N4O3S. The van der Waals surface area contributed by atoms with E-state index >= 15 is 0 Å². The first-order valence-corrected chi connectivity index (χ1v) is 13.6. The number of amides is 2. The number of halogens is 2. The molecule has 202 valence electrons. The maximum atomic E-state index is 13.4. The van der Waals surface area contributed by atoms with Crippen molar-refractivity contribution < 1.29 is 23.5 Å². The SMILES string of the molecule is CCC[C@H](NC(=O)Cc1cc(F)cc(F)c1)C(=O)Nc1ncc(C2(O)CCN(Cc3ccccc3)CC2)s1. The number of nitrogens with one attached hydrogen (secondary N) is 2. The number of rotatable bonds is 10. The second-order valence-electron chi connectivity index (χ2n) is 9.68. The number of likely N-dealkylation sites (tertiary alicyclic amines) is 1. The fraction of sp³-hybridized carbons (Fsp3) is 0.393. The van der Waals surface area contributed by atoms with Crippen molar-refractivity contribution >= 4 is 28.3 Å². The second-order valence-corrected chi connectivity index (χ2v) is 10.7. The maximum absolute atomic E-state index is 13.4. The van der Waals surface area contributed by atoms with Crippen molar-refractivity contribution in [3.8, 4) is 0 Å². The molecule has 3 aromatic rings. The van der Waals surface area contributed by atoms with E-state index in [0.717, 1.165) is 37.8 Å². The Morgan fingerprint density at radius 3 is 2.45 bits per heavy atom. The van der Waals surface area contributed by atoms with Gasteiger partial charge in [0.2, 0.25) is 11.8 Å². The number of piperidine rings is 1. The van der Waals surface area contributed by atoms with E-state index in [1.165, 1.54) is 16.9 Å². The topological polar surface area (TPSA) is 94.6 Å². The molecule has 1 aromatic heterocycles. The van der Waals surface area contributed by atoms with Gasteiger partial charge in [-0.3, -0.25) is 14.5 Å². The van der Waals surface area contributed by atoms with Crippen LogP contribution in [-0.2, 0) is 28.2 Å². The van der Waals surface area contributed by atoms with Gasteiger partial charge in [-0.05, 0) is 42.5 Å². The van der Waals surface area contributed by atoms with Crippen molar-refractivity contribution in [2.45, 2.75) is 57.2 Å². The smallest absolute Gasteiger partial charge is 0.248 e. The van der Waals surface area contributed by atoms with E-state index in [-0.39, 0.29) is 12.0 Å². The standard InChI is InChI=1S/C28H32F2N4O3S/c1-2-6-23(32-25(35)15-20-13-21(29)16-22(30)14-20)26(36)33-27-31-17-24(38-27)28(37)9-11-34(12-10-28)18-19-7-4-3-5-8-19/h3-5,7-8,13-14,16-17,23,37H,2,6,9-12,15,18H2,1H3,(H,32,35)(H,31,33,36)/t23-/m0/s1. The Labute approximate surface area is 224 Å². The highest BCUT2D eigenvalue weighted by Crippen LogP contribution is 2.37. The van der Waals surface area contributed by atoms with Gasteiger partial charge in [0, 0.05) is 31.9 Å². The van der Waals surface area contributed by atoms with Crippen LogP contribution in [0.4, 0.5) is 13.9 Å². The number of aliphatic hydroxyl groups is 1. The lowest BCUT2D eigenvalue weighted by Gasteiger charge is -2.37. The molecule has 2 heterocycles. The third kappa shape index (κ3) is 7.43. The molecule has 2 amide bonds. The zero-order chi connectivity index (χ0) is 27.1. The highest BCUT2D eigenvalue weighted by molar-refractivity contribution is 7.15. The maximum Gasteiger partial charge on any atom is 0.248 e. The van der Waals surface area contributed by atoms with Crippen LogP contribution < -0.4 is 10.6 Å². The largest absolute Gasteiger partial charge is 0.384 e. The zero-order valence-corrected chi connectivity index (χ0v) is 22.1. The van der Waals surface area contributed by atoms with Crippen LogP contribution in [0.5, 0.6) is 0 Å². The zero-order valence-electron chi connectivity index (χ0n) is 21.3. The predicted octanol–water partition coefficient (Wildman–Crippen LogP) is 4.37. The Bertz CT molecular complexity index is 1230. The van der Waals surface area contributed by atoms with Crippen molar-refractivity contribution in [3.05, 3.63) is 82.4 Å². The van der Waals surface area contributed by atoms with Crippen LogP contribution in [0.3, 0.4) is 0 Å². The lowest BCUT2D eigenvalue weighted by molar-refractivity contribution is -0.126. The number of anilines is 1. The van der Waals surface area contributed by atoms with Gasteiger partial charge < -0.3 is 15.7 Å². The number of thiazole rings is 1. The normalized spacial score (nSPS) is 16.1. The summed E-state index contributed by atoms with van der Waals surface area (Å²) in [6.07, 6.45) is 3.48. The Morgan fingerprint density at radius 1 is 1.11 bits per heavy atom. The Kier molecular flexibility index (Phi) is 9.19. The van der Waals surface area contributed by atoms with Gasteiger partial charge >= 0.3 is 0 Å². The van der Waals surface area contributed by atoms with Crippen LogP contribution >= 0.6 is 11.3 Å². The summed E-state index contributed by atoms with van der Waals surface area (Å²) in [5.74, 6) is -2.48. The molecule has 1 atom stereocenters. The highest BCUT2D eigenvalue weighted by Gasteiger charge is 2.36. The molecule has 2 aromatic carbocycles. The Morgan fingerprint density at radius 2 is 1.79 bits per heavy atom. The summed E-state index contributed by atoms with van der Waals surface area (Å²) in [5.41, 5.74) is 0.409. The van der Waals surface area contributed by atoms with Crippen molar-refractivity contribution in [1.82, 2.24) is 15.2 Å². The van der Waals surface area contributed by atoms with Crippen molar-refractivity contribution in [2.75, 3.05) is 18.4 Å². The van der Waals surface area contributed by atoms with E-state index < -0.39 is 35.1 Å². The summed E-state index contributed by atoms with van der Waals surface area (Å²) in [6, 6.07) is 12.3. The first-order valence-electron chi connectivity index (χ1n) is 12.7. The number of benzene rings is 2. The first kappa shape index (κ1) is 27.8. The molecule has 7 nitrogen and oxygen atoms in total. The number of carbonyl (C=O) groups is 2. The summed E-state index contributed by atoms with van der Waals surface area (Å²) < 4.78 is 26.9.